The molecule has 8 heteroatoms. The summed E-state index contributed by atoms with van der Waals surface area (Å²) in [6.07, 6.45) is 4.11. The molecule has 1 aliphatic rings. The molecule has 0 unspecified atom stereocenters. The highest BCUT2D eigenvalue weighted by molar-refractivity contribution is 6.01. The molecule has 0 aliphatic heterocycles. The van der Waals surface area contributed by atoms with Gasteiger partial charge in [-0.25, -0.2) is 9.59 Å². The lowest BCUT2D eigenvalue weighted by Crippen LogP contribution is -2.36. The summed E-state index contributed by atoms with van der Waals surface area (Å²) in [5, 5.41) is 9.50. The van der Waals surface area contributed by atoms with Gasteiger partial charge in [-0.3, -0.25) is 10.1 Å². The molecule has 2 aromatic rings. The van der Waals surface area contributed by atoms with Crippen molar-refractivity contribution in [2.75, 3.05) is 30.3 Å². The van der Waals surface area contributed by atoms with Gasteiger partial charge in [0.25, 0.3) is 0 Å². The number of rotatable bonds is 8. The zero-order chi connectivity index (χ0) is 22.2. The quantitative estimate of drug-likeness (QED) is 0.430. The Morgan fingerprint density at radius 1 is 1.10 bits per heavy atom. The summed E-state index contributed by atoms with van der Waals surface area (Å²) < 4.78 is 10.5. The van der Waals surface area contributed by atoms with E-state index in [2.05, 4.69) is 16.0 Å². The topological polar surface area (TPSA) is 110 Å². The highest BCUT2D eigenvalue weighted by atomic mass is 16.5. The lowest BCUT2D eigenvalue weighted by Gasteiger charge is -2.27. The van der Waals surface area contributed by atoms with Gasteiger partial charge in [0.2, 0.25) is 0 Å². The number of hydrogen-bond acceptors (Lipinski definition) is 6. The van der Waals surface area contributed by atoms with Gasteiger partial charge in [0.05, 0.1) is 18.2 Å². The Morgan fingerprint density at radius 2 is 1.84 bits per heavy atom. The molecular weight excluding hydrogens is 398 g/mol. The van der Waals surface area contributed by atoms with Crippen LogP contribution in [0.15, 0.2) is 33.5 Å². The van der Waals surface area contributed by atoms with Crippen molar-refractivity contribution in [3.8, 4) is 0 Å². The Morgan fingerprint density at radius 3 is 2.55 bits per heavy atom. The number of fused-ring (bicyclic) bond motifs is 1. The number of carbonyl (C=O) groups excluding carboxylic acids is 2. The van der Waals surface area contributed by atoms with Crippen LogP contribution in [0.3, 0.4) is 0 Å². The number of carbonyl (C=O) groups is 2. The van der Waals surface area contributed by atoms with Crippen molar-refractivity contribution in [3.63, 3.8) is 0 Å². The second kappa shape index (κ2) is 10.8. The number of benzene rings is 1. The zero-order valence-corrected chi connectivity index (χ0v) is 18.2. The molecule has 2 amide bonds. The van der Waals surface area contributed by atoms with Gasteiger partial charge in [0, 0.05) is 18.5 Å². The van der Waals surface area contributed by atoms with E-state index < -0.39 is 11.7 Å². The minimum atomic E-state index is -0.595. The van der Waals surface area contributed by atoms with E-state index in [1.165, 1.54) is 0 Å². The first-order valence-corrected chi connectivity index (χ1v) is 11.0. The number of hydrogen-bond donors (Lipinski definition) is 3. The van der Waals surface area contributed by atoms with Crippen LogP contribution in [0.2, 0.25) is 0 Å². The molecule has 3 rings (SSSR count). The van der Waals surface area contributed by atoms with Crippen LogP contribution in [-0.2, 0) is 9.53 Å². The van der Waals surface area contributed by atoms with E-state index >= 15 is 0 Å². The molecular formula is C23H31N3O5. The summed E-state index contributed by atoms with van der Waals surface area (Å²) in [5.74, 6) is 0.128. The fraction of sp³-hybridized carbons (Fsp3) is 0.522. The first kappa shape index (κ1) is 22.7. The minimum Gasteiger partial charge on any atom is -0.466 e. The molecule has 0 saturated heterocycles. The summed E-state index contributed by atoms with van der Waals surface area (Å²) in [6, 6.07) is 6.78. The fourth-order valence-electron chi connectivity index (χ4n) is 3.95. The highest BCUT2D eigenvalue weighted by Crippen LogP contribution is 2.30. The lowest BCUT2D eigenvalue weighted by atomic mass is 9.82. The zero-order valence-electron chi connectivity index (χ0n) is 18.2. The van der Waals surface area contributed by atoms with E-state index in [4.69, 9.17) is 9.15 Å². The standard InChI is InChI=1S/C23H31N3O5/c1-3-13-24-19-17-7-5-6-8-18(17)31-22(28)20(19)26-23(29)25-14-15-9-11-16(12-10-15)21(27)30-4-2/h5-8,15-16,24H,3-4,9-14H2,1-2H3,(H2,25,26,29). The smallest absolute Gasteiger partial charge is 0.362 e. The van der Waals surface area contributed by atoms with Crippen LogP contribution in [0, 0.1) is 11.8 Å². The number of urea groups is 1. The summed E-state index contributed by atoms with van der Waals surface area (Å²) >= 11 is 0. The molecule has 3 N–H and O–H groups in total. The van der Waals surface area contributed by atoms with Crippen molar-refractivity contribution in [1.29, 1.82) is 0 Å². The lowest BCUT2D eigenvalue weighted by molar-refractivity contribution is -0.149. The third-order valence-electron chi connectivity index (χ3n) is 5.62. The van der Waals surface area contributed by atoms with Crippen molar-refractivity contribution in [1.82, 2.24) is 5.32 Å². The maximum Gasteiger partial charge on any atom is 0.362 e. The number of ether oxygens (including phenoxy) is 1. The van der Waals surface area contributed by atoms with Crippen molar-refractivity contribution < 1.29 is 18.7 Å². The molecule has 168 valence electrons. The second-order valence-electron chi connectivity index (χ2n) is 7.87. The molecule has 0 bridgehead atoms. The van der Waals surface area contributed by atoms with Gasteiger partial charge < -0.3 is 19.8 Å². The fourth-order valence-corrected chi connectivity index (χ4v) is 3.95. The monoisotopic (exact) mass is 429 g/mol. The van der Waals surface area contributed by atoms with E-state index in [1.807, 2.05) is 26.0 Å². The Bertz CT molecular complexity index is 963. The van der Waals surface area contributed by atoms with Crippen molar-refractivity contribution in [3.05, 3.63) is 34.7 Å². The van der Waals surface area contributed by atoms with Gasteiger partial charge in [0.15, 0.2) is 5.69 Å². The Hall–Kier alpha value is -3.03. The van der Waals surface area contributed by atoms with Crippen LogP contribution < -0.4 is 21.6 Å². The van der Waals surface area contributed by atoms with Crippen LogP contribution in [-0.4, -0.2) is 31.7 Å². The van der Waals surface area contributed by atoms with Crippen LogP contribution in [0.4, 0.5) is 16.2 Å². The molecule has 1 aromatic heterocycles. The second-order valence-corrected chi connectivity index (χ2v) is 7.87. The SMILES string of the molecule is CCCNc1c(NC(=O)NCC2CCC(C(=O)OCC)CC2)c(=O)oc2ccccc12. The van der Waals surface area contributed by atoms with E-state index in [-0.39, 0.29) is 17.6 Å². The largest absolute Gasteiger partial charge is 0.466 e. The molecule has 8 nitrogen and oxygen atoms in total. The van der Waals surface area contributed by atoms with Crippen molar-refractivity contribution >= 4 is 34.3 Å². The third-order valence-corrected chi connectivity index (χ3v) is 5.62. The average Bonchev–Trinajstić information content (AvgIpc) is 2.78. The van der Waals surface area contributed by atoms with Crippen LogP contribution in [0.5, 0.6) is 0 Å². The molecule has 0 spiro atoms. The third kappa shape index (κ3) is 5.77. The molecule has 0 atom stereocenters. The summed E-state index contributed by atoms with van der Waals surface area (Å²) in [5.41, 5.74) is 0.548. The molecule has 31 heavy (non-hydrogen) atoms. The first-order valence-electron chi connectivity index (χ1n) is 11.0. The predicted molar refractivity (Wildman–Crippen MR) is 120 cm³/mol. The predicted octanol–water partition coefficient (Wildman–Crippen LogP) is 4.11. The summed E-state index contributed by atoms with van der Waals surface area (Å²) in [7, 11) is 0. The van der Waals surface area contributed by atoms with Crippen LogP contribution >= 0.6 is 0 Å². The van der Waals surface area contributed by atoms with Gasteiger partial charge >= 0.3 is 17.6 Å². The van der Waals surface area contributed by atoms with Gasteiger partial charge in [-0.1, -0.05) is 19.1 Å². The van der Waals surface area contributed by atoms with Crippen molar-refractivity contribution in [2.45, 2.75) is 46.0 Å². The summed E-state index contributed by atoms with van der Waals surface area (Å²) in [6.45, 7) is 5.38. The van der Waals surface area contributed by atoms with Gasteiger partial charge in [-0.05, 0) is 57.1 Å². The first-order chi connectivity index (χ1) is 15.0. The highest BCUT2D eigenvalue weighted by Gasteiger charge is 2.27. The molecule has 1 aliphatic carbocycles. The Kier molecular flexibility index (Phi) is 7.92. The van der Waals surface area contributed by atoms with Crippen molar-refractivity contribution in [2.24, 2.45) is 11.8 Å². The maximum atomic E-state index is 12.5. The Balaban J connectivity index is 1.61. The molecule has 1 fully saturated rings. The number of anilines is 2. The van der Waals surface area contributed by atoms with Crippen LogP contribution in [0.1, 0.15) is 46.0 Å². The van der Waals surface area contributed by atoms with E-state index in [0.717, 1.165) is 37.5 Å². The molecule has 0 radical (unpaired) electrons. The summed E-state index contributed by atoms with van der Waals surface area (Å²) in [4.78, 5) is 36.9. The number of para-hydroxylation sites is 1. The Labute approximate surface area is 181 Å². The normalized spacial score (nSPS) is 18.4. The van der Waals surface area contributed by atoms with Gasteiger partial charge in [0.1, 0.15) is 5.58 Å². The number of amides is 2. The van der Waals surface area contributed by atoms with Crippen LogP contribution in [0.25, 0.3) is 11.0 Å². The van der Waals surface area contributed by atoms with Gasteiger partial charge in [-0.15, -0.1) is 0 Å². The molecule has 1 aromatic carbocycles. The van der Waals surface area contributed by atoms with E-state index in [9.17, 15) is 14.4 Å². The number of nitrogens with one attached hydrogen (secondary N) is 3. The molecule has 1 saturated carbocycles. The van der Waals surface area contributed by atoms with Gasteiger partial charge in [-0.2, -0.15) is 0 Å². The minimum absolute atomic E-state index is 0.0422. The average molecular weight is 430 g/mol. The number of esters is 1. The maximum absolute atomic E-state index is 12.5. The molecule has 1 heterocycles. The van der Waals surface area contributed by atoms with E-state index in [0.29, 0.717) is 36.9 Å². The van der Waals surface area contributed by atoms with E-state index in [1.54, 1.807) is 12.1 Å².